The number of nitrogens with zero attached hydrogens (tertiary/aromatic N) is 2. The van der Waals surface area contributed by atoms with Gasteiger partial charge in [-0.25, -0.2) is 0 Å². The van der Waals surface area contributed by atoms with E-state index >= 15 is 0 Å². The number of hydrogen-bond donors (Lipinski definition) is 2. The second-order valence-corrected chi connectivity index (χ2v) is 7.12. The molecule has 0 aromatic heterocycles. The van der Waals surface area contributed by atoms with Crippen LogP contribution < -0.4 is 10.6 Å². The van der Waals surface area contributed by atoms with Gasteiger partial charge in [-0.1, -0.05) is 44.2 Å². The van der Waals surface area contributed by atoms with Crippen molar-refractivity contribution in [3.05, 3.63) is 35.9 Å². The van der Waals surface area contributed by atoms with Crippen molar-refractivity contribution < 1.29 is 0 Å². The minimum Gasteiger partial charge on any atom is -0.357 e. The molecule has 26 heavy (non-hydrogen) atoms. The number of likely N-dealkylation sites (tertiary alicyclic amines) is 1. The van der Waals surface area contributed by atoms with E-state index in [0.717, 1.165) is 25.5 Å². The minimum atomic E-state index is 0. The van der Waals surface area contributed by atoms with E-state index in [0.29, 0.717) is 12.0 Å². The predicted octanol–water partition coefficient (Wildman–Crippen LogP) is 4.23. The van der Waals surface area contributed by atoms with E-state index in [9.17, 15) is 0 Å². The van der Waals surface area contributed by atoms with Gasteiger partial charge in [-0.05, 0) is 50.6 Å². The fourth-order valence-electron chi connectivity index (χ4n) is 3.45. The second-order valence-electron chi connectivity index (χ2n) is 7.12. The summed E-state index contributed by atoms with van der Waals surface area (Å²) in [5.41, 5.74) is 1.40. The molecule has 1 heterocycles. The van der Waals surface area contributed by atoms with Crippen molar-refractivity contribution in [2.45, 2.75) is 58.4 Å². The van der Waals surface area contributed by atoms with Crippen molar-refractivity contribution in [3.8, 4) is 0 Å². The lowest BCUT2D eigenvalue weighted by molar-refractivity contribution is 0.206. The number of piperidine rings is 1. The molecule has 4 nitrogen and oxygen atoms in total. The van der Waals surface area contributed by atoms with Gasteiger partial charge >= 0.3 is 0 Å². The van der Waals surface area contributed by atoms with E-state index in [-0.39, 0.29) is 24.0 Å². The van der Waals surface area contributed by atoms with E-state index < -0.39 is 0 Å². The van der Waals surface area contributed by atoms with Gasteiger partial charge in [0.15, 0.2) is 5.96 Å². The summed E-state index contributed by atoms with van der Waals surface area (Å²) in [7, 11) is 0. The zero-order valence-corrected chi connectivity index (χ0v) is 19.0. The Balaban J connectivity index is 0.00000338. The molecule has 0 radical (unpaired) electrons. The van der Waals surface area contributed by atoms with Crippen LogP contribution in [0.3, 0.4) is 0 Å². The van der Waals surface area contributed by atoms with E-state index in [1.165, 1.54) is 44.5 Å². The van der Waals surface area contributed by atoms with E-state index in [4.69, 9.17) is 4.99 Å². The van der Waals surface area contributed by atoms with E-state index in [1.54, 1.807) is 0 Å². The molecule has 0 saturated carbocycles. The van der Waals surface area contributed by atoms with Crippen LogP contribution in [0.2, 0.25) is 0 Å². The molecule has 2 N–H and O–H groups in total. The van der Waals surface area contributed by atoms with Crippen LogP contribution in [-0.2, 0) is 0 Å². The number of aliphatic imine (C=N–C) groups is 1. The predicted molar refractivity (Wildman–Crippen MR) is 124 cm³/mol. The summed E-state index contributed by atoms with van der Waals surface area (Å²) in [6.07, 6.45) is 4.76. The van der Waals surface area contributed by atoms with Crippen LogP contribution in [0.1, 0.15) is 57.9 Å². The number of benzene rings is 1. The Labute approximate surface area is 177 Å². The van der Waals surface area contributed by atoms with Crippen molar-refractivity contribution in [1.82, 2.24) is 15.5 Å². The third kappa shape index (κ3) is 8.25. The van der Waals surface area contributed by atoms with E-state index in [1.807, 2.05) is 0 Å². The zero-order valence-electron chi connectivity index (χ0n) is 16.7. The highest BCUT2D eigenvalue weighted by Gasteiger charge is 2.19. The van der Waals surface area contributed by atoms with Crippen molar-refractivity contribution >= 4 is 29.9 Å². The fourth-order valence-corrected chi connectivity index (χ4v) is 3.45. The highest BCUT2D eigenvalue weighted by Crippen LogP contribution is 2.18. The lowest BCUT2D eigenvalue weighted by Gasteiger charge is -2.32. The molecule has 2 rings (SSSR count). The molecule has 1 aliphatic rings. The fraction of sp³-hybridized carbons (Fsp3) is 0.667. The van der Waals surface area contributed by atoms with Gasteiger partial charge in [0.05, 0.1) is 0 Å². The summed E-state index contributed by atoms with van der Waals surface area (Å²) < 4.78 is 0. The van der Waals surface area contributed by atoms with Gasteiger partial charge < -0.3 is 15.5 Å². The number of hydrogen-bond acceptors (Lipinski definition) is 2. The molecule has 1 unspecified atom stereocenters. The maximum absolute atomic E-state index is 4.81. The Morgan fingerprint density at radius 3 is 2.50 bits per heavy atom. The first-order valence-electron chi connectivity index (χ1n) is 10.0. The Hall–Kier alpha value is -0.820. The Morgan fingerprint density at radius 1 is 1.19 bits per heavy atom. The third-order valence-electron chi connectivity index (χ3n) is 5.01. The van der Waals surface area contributed by atoms with Crippen LogP contribution in [-0.4, -0.2) is 49.6 Å². The second kappa shape index (κ2) is 13.4. The highest BCUT2D eigenvalue weighted by atomic mass is 127. The monoisotopic (exact) mass is 472 g/mol. The standard InChI is InChI=1S/C21H36N4.HI/c1-4-15-25-16-12-20(13-17-25)24-21(22-5-2)23-14-11-18(3)19-9-7-6-8-10-19;/h6-10,18,20H,4-5,11-17H2,1-3H3,(H2,22,23,24);1H. The van der Waals surface area contributed by atoms with Crippen LogP contribution in [0, 0.1) is 0 Å². The lowest BCUT2D eigenvalue weighted by atomic mass is 9.98. The largest absolute Gasteiger partial charge is 0.357 e. The van der Waals surface area contributed by atoms with Crippen LogP contribution >= 0.6 is 24.0 Å². The smallest absolute Gasteiger partial charge is 0.191 e. The quantitative estimate of drug-likeness (QED) is 0.338. The number of nitrogens with one attached hydrogen (secondary N) is 2. The molecule has 0 bridgehead atoms. The van der Waals surface area contributed by atoms with Gasteiger partial charge in [0.2, 0.25) is 0 Å². The van der Waals surface area contributed by atoms with Gasteiger partial charge in [-0.15, -0.1) is 24.0 Å². The number of rotatable bonds is 8. The normalized spacial score (nSPS) is 17.4. The first kappa shape index (κ1) is 23.2. The van der Waals surface area contributed by atoms with Crippen LogP contribution in [0.25, 0.3) is 0 Å². The molecule has 1 aromatic carbocycles. The SMILES string of the molecule is CCCN1CCC(NC(=NCCC(C)c2ccccc2)NCC)CC1.I. The van der Waals surface area contributed by atoms with Crippen LogP contribution in [0.4, 0.5) is 0 Å². The molecule has 0 spiro atoms. The average Bonchev–Trinajstić information content (AvgIpc) is 2.64. The van der Waals surface area contributed by atoms with Gasteiger partial charge in [0, 0.05) is 32.2 Å². The molecule has 148 valence electrons. The molecule has 5 heteroatoms. The molecular weight excluding hydrogens is 435 g/mol. The summed E-state index contributed by atoms with van der Waals surface area (Å²) in [6, 6.07) is 11.3. The van der Waals surface area contributed by atoms with E-state index in [2.05, 4.69) is 66.6 Å². The maximum Gasteiger partial charge on any atom is 0.191 e. The molecule has 1 saturated heterocycles. The third-order valence-corrected chi connectivity index (χ3v) is 5.01. The lowest BCUT2D eigenvalue weighted by Crippen LogP contribution is -2.48. The number of guanidine groups is 1. The van der Waals surface area contributed by atoms with Gasteiger partial charge in [0.1, 0.15) is 0 Å². The number of halogens is 1. The van der Waals surface area contributed by atoms with Crippen molar-refractivity contribution in [2.75, 3.05) is 32.7 Å². The topological polar surface area (TPSA) is 39.7 Å². The first-order valence-corrected chi connectivity index (χ1v) is 10.0. The van der Waals surface area contributed by atoms with Gasteiger partial charge in [-0.3, -0.25) is 4.99 Å². The Morgan fingerprint density at radius 2 is 1.88 bits per heavy atom. The minimum absolute atomic E-state index is 0. The Kier molecular flexibility index (Phi) is 11.9. The van der Waals surface area contributed by atoms with Crippen molar-refractivity contribution in [1.29, 1.82) is 0 Å². The maximum atomic E-state index is 4.81. The molecule has 1 atom stereocenters. The average molecular weight is 472 g/mol. The molecule has 0 aliphatic carbocycles. The molecule has 1 aromatic rings. The highest BCUT2D eigenvalue weighted by molar-refractivity contribution is 14.0. The molecule has 1 fully saturated rings. The molecular formula is C21H37IN4. The van der Waals surface area contributed by atoms with Crippen molar-refractivity contribution in [3.63, 3.8) is 0 Å². The summed E-state index contributed by atoms with van der Waals surface area (Å²) in [4.78, 5) is 7.38. The van der Waals surface area contributed by atoms with Crippen LogP contribution in [0.5, 0.6) is 0 Å². The summed E-state index contributed by atoms with van der Waals surface area (Å²) in [6.45, 7) is 12.1. The summed E-state index contributed by atoms with van der Waals surface area (Å²) in [5.74, 6) is 1.53. The zero-order chi connectivity index (χ0) is 17.9. The van der Waals surface area contributed by atoms with Gasteiger partial charge in [0.25, 0.3) is 0 Å². The van der Waals surface area contributed by atoms with Crippen molar-refractivity contribution in [2.24, 2.45) is 4.99 Å². The molecule has 0 amide bonds. The Bertz CT molecular complexity index is 498. The first-order chi connectivity index (χ1) is 12.2. The van der Waals surface area contributed by atoms with Crippen LogP contribution in [0.15, 0.2) is 35.3 Å². The summed E-state index contributed by atoms with van der Waals surface area (Å²) >= 11 is 0. The molecule has 1 aliphatic heterocycles. The summed E-state index contributed by atoms with van der Waals surface area (Å²) in [5, 5.41) is 7.05. The van der Waals surface area contributed by atoms with Gasteiger partial charge in [-0.2, -0.15) is 0 Å².